The molecule has 0 radical (unpaired) electrons. The van der Waals surface area contributed by atoms with Gasteiger partial charge in [0, 0.05) is 35.1 Å². The summed E-state index contributed by atoms with van der Waals surface area (Å²) in [5, 5.41) is 4.82. The number of benzene rings is 1. The number of hydrogen-bond acceptors (Lipinski definition) is 4. The van der Waals surface area contributed by atoms with E-state index in [0.29, 0.717) is 25.8 Å². The highest BCUT2D eigenvalue weighted by molar-refractivity contribution is 6.31. The third-order valence-corrected chi connectivity index (χ3v) is 8.57. The van der Waals surface area contributed by atoms with Gasteiger partial charge in [-0.05, 0) is 50.7 Å². The molecule has 1 aromatic rings. The van der Waals surface area contributed by atoms with Gasteiger partial charge in [0.1, 0.15) is 5.82 Å². The average Bonchev–Trinajstić information content (AvgIpc) is 3.20. The Kier molecular flexibility index (Phi) is 7.40. The number of hydrogen-bond donors (Lipinski definition) is 2. The van der Waals surface area contributed by atoms with Crippen LogP contribution in [-0.4, -0.2) is 57.6 Å². The molecule has 10 heteroatoms. The fourth-order valence-electron chi connectivity index (χ4n) is 6.35. The van der Waals surface area contributed by atoms with E-state index in [4.69, 9.17) is 11.6 Å². The second-order valence-electron chi connectivity index (χ2n) is 10.5. The van der Waals surface area contributed by atoms with Crippen LogP contribution < -0.4 is 10.7 Å². The fourth-order valence-corrected chi connectivity index (χ4v) is 6.57. The average molecular weight is 520 g/mol. The highest BCUT2D eigenvalue weighted by Crippen LogP contribution is 2.41. The number of nitrogens with one attached hydrogen (secondary N) is 2. The quantitative estimate of drug-likeness (QED) is 0.595. The van der Waals surface area contributed by atoms with Gasteiger partial charge in [-0.3, -0.25) is 19.5 Å². The summed E-state index contributed by atoms with van der Waals surface area (Å²) in [5.41, 5.74) is 3.36. The van der Waals surface area contributed by atoms with E-state index in [2.05, 4.69) is 10.7 Å². The Hall–Kier alpha value is -2.39. The van der Waals surface area contributed by atoms with E-state index in [0.717, 1.165) is 32.1 Å². The van der Waals surface area contributed by atoms with Crippen molar-refractivity contribution in [2.45, 2.75) is 89.6 Å². The molecule has 4 atom stereocenters. The van der Waals surface area contributed by atoms with E-state index in [9.17, 15) is 18.8 Å². The van der Waals surface area contributed by atoms with Gasteiger partial charge < -0.3 is 10.2 Å². The first-order valence-corrected chi connectivity index (χ1v) is 13.7. The number of rotatable bonds is 6. The van der Waals surface area contributed by atoms with E-state index in [1.165, 1.54) is 23.6 Å². The molecular formula is C26H35ClFN5O3. The molecular weight excluding hydrogens is 485 g/mol. The van der Waals surface area contributed by atoms with E-state index in [-0.39, 0.29) is 58.9 Å². The number of urea groups is 1. The van der Waals surface area contributed by atoms with Crippen LogP contribution in [-0.2, 0) is 16.1 Å². The van der Waals surface area contributed by atoms with Gasteiger partial charge in [-0.25, -0.2) is 9.18 Å². The van der Waals surface area contributed by atoms with Crippen molar-refractivity contribution < 1.29 is 18.8 Å². The maximum Gasteiger partial charge on any atom is 0.337 e. The second kappa shape index (κ2) is 10.5. The standard InChI is InChI=1S/C26H35ClFN5O3/c1-2-13-31-24(35)18-12-11-16(23(34)29-17-7-4-3-5-8-17)14-22(18)33-25(31)30-32(26(33)36)15-19-20(27)9-6-10-21(19)28/h6,9-10,16-18,22,25,30H,2-5,7-8,11-15H2,1H3,(H,29,34). The summed E-state index contributed by atoms with van der Waals surface area (Å²) >= 11 is 6.23. The number of hydrazine groups is 1. The summed E-state index contributed by atoms with van der Waals surface area (Å²) in [6.45, 7) is 2.43. The van der Waals surface area contributed by atoms with Crippen molar-refractivity contribution in [2.75, 3.05) is 6.54 Å². The maximum atomic E-state index is 14.5. The van der Waals surface area contributed by atoms with E-state index < -0.39 is 12.1 Å². The number of carbonyl (C=O) groups is 3. The zero-order valence-corrected chi connectivity index (χ0v) is 21.5. The van der Waals surface area contributed by atoms with Crippen molar-refractivity contribution in [1.29, 1.82) is 0 Å². The fraction of sp³-hybridized carbons (Fsp3) is 0.654. The van der Waals surface area contributed by atoms with Crippen LogP contribution in [0.4, 0.5) is 9.18 Å². The van der Waals surface area contributed by atoms with Crippen molar-refractivity contribution in [2.24, 2.45) is 11.8 Å². The van der Waals surface area contributed by atoms with Crippen molar-refractivity contribution in [3.63, 3.8) is 0 Å². The predicted molar refractivity (Wildman–Crippen MR) is 133 cm³/mol. The van der Waals surface area contributed by atoms with Crippen LogP contribution >= 0.6 is 11.6 Å². The maximum absolute atomic E-state index is 14.5. The van der Waals surface area contributed by atoms with Crippen molar-refractivity contribution in [3.05, 3.63) is 34.6 Å². The van der Waals surface area contributed by atoms with Gasteiger partial charge in [0.15, 0.2) is 6.29 Å². The summed E-state index contributed by atoms with van der Waals surface area (Å²) in [6, 6.07) is 3.95. The molecule has 0 aromatic heterocycles. The largest absolute Gasteiger partial charge is 0.353 e. The first kappa shape index (κ1) is 25.3. The molecule has 5 rings (SSSR count). The molecule has 2 aliphatic carbocycles. The molecule has 0 spiro atoms. The summed E-state index contributed by atoms with van der Waals surface area (Å²) in [6.07, 6.45) is 7.27. The highest BCUT2D eigenvalue weighted by atomic mass is 35.5. The topological polar surface area (TPSA) is 85.0 Å². The number of fused-ring (bicyclic) bond motifs is 3. The summed E-state index contributed by atoms with van der Waals surface area (Å²) < 4.78 is 14.5. The van der Waals surface area contributed by atoms with Crippen LogP contribution in [0.1, 0.15) is 70.3 Å². The third-order valence-electron chi connectivity index (χ3n) is 8.22. The normalized spacial score (nSPS) is 28.8. The van der Waals surface area contributed by atoms with Gasteiger partial charge in [0.05, 0.1) is 12.5 Å². The van der Waals surface area contributed by atoms with Gasteiger partial charge in [0.25, 0.3) is 0 Å². The molecule has 196 valence electrons. The minimum absolute atomic E-state index is 0.0142. The molecule has 4 aliphatic rings. The Morgan fingerprint density at radius 3 is 2.67 bits per heavy atom. The van der Waals surface area contributed by atoms with Crippen LogP contribution in [0.3, 0.4) is 0 Å². The van der Waals surface area contributed by atoms with E-state index in [1.807, 2.05) is 6.92 Å². The molecule has 2 aliphatic heterocycles. The SMILES string of the molecule is CCCN1C(=O)C2CCC(C(=O)NC3CCCCC3)CC2N2C(=O)N(Cc3c(F)cccc3Cl)NC12. The Labute approximate surface area is 216 Å². The Balaban J connectivity index is 1.36. The number of amides is 4. The van der Waals surface area contributed by atoms with Crippen molar-refractivity contribution in [1.82, 2.24) is 25.6 Å². The van der Waals surface area contributed by atoms with Crippen molar-refractivity contribution >= 4 is 29.4 Å². The molecule has 2 N–H and O–H groups in total. The van der Waals surface area contributed by atoms with Crippen LogP contribution in [0.2, 0.25) is 5.02 Å². The van der Waals surface area contributed by atoms with Crippen LogP contribution in [0.5, 0.6) is 0 Å². The Bertz CT molecular complexity index is 999. The number of nitrogens with zero attached hydrogens (tertiary/aromatic N) is 3. The minimum Gasteiger partial charge on any atom is -0.353 e. The molecule has 4 amide bonds. The summed E-state index contributed by atoms with van der Waals surface area (Å²) in [4.78, 5) is 43.7. The van der Waals surface area contributed by atoms with Gasteiger partial charge in [0.2, 0.25) is 11.8 Å². The molecule has 4 unspecified atom stereocenters. The summed E-state index contributed by atoms with van der Waals surface area (Å²) in [5.74, 6) is -1.01. The van der Waals surface area contributed by atoms with Crippen LogP contribution in [0.25, 0.3) is 0 Å². The second-order valence-corrected chi connectivity index (χ2v) is 10.9. The first-order valence-electron chi connectivity index (χ1n) is 13.3. The molecule has 0 bridgehead atoms. The smallest absolute Gasteiger partial charge is 0.337 e. The number of carbonyl (C=O) groups excluding carboxylic acids is 3. The zero-order valence-electron chi connectivity index (χ0n) is 20.7. The van der Waals surface area contributed by atoms with Gasteiger partial charge in [-0.1, -0.05) is 43.9 Å². The lowest BCUT2D eigenvalue weighted by Gasteiger charge is -2.49. The van der Waals surface area contributed by atoms with Gasteiger partial charge in [-0.15, -0.1) is 0 Å². The molecule has 36 heavy (non-hydrogen) atoms. The van der Waals surface area contributed by atoms with Crippen molar-refractivity contribution in [3.8, 4) is 0 Å². The molecule has 8 nitrogen and oxygen atoms in total. The summed E-state index contributed by atoms with van der Waals surface area (Å²) in [7, 11) is 0. The lowest BCUT2D eigenvalue weighted by molar-refractivity contribution is -0.158. The van der Waals surface area contributed by atoms with E-state index in [1.54, 1.807) is 15.9 Å². The molecule has 2 saturated carbocycles. The number of halogens is 2. The predicted octanol–water partition coefficient (Wildman–Crippen LogP) is 3.99. The van der Waals surface area contributed by atoms with Gasteiger partial charge >= 0.3 is 6.03 Å². The molecule has 4 fully saturated rings. The highest BCUT2D eigenvalue weighted by Gasteiger charge is 2.56. The molecule has 1 aromatic carbocycles. The zero-order chi connectivity index (χ0) is 25.4. The lowest BCUT2D eigenvalue weighted by Crippen LogP contribution is -2.67. The minimum atomic E-state index is -0.656. The third kappa shape index (κ3) is 4.67. The Morgan fingerprint density at radius 2 is 1.94 bits per heavy atom. The van der Waals surface area contributed by atoms with Gasteiger partial charge in [-0.2, -0.15) is 5.43 Å². The van der Waals surface area contributed by atoms with Crippen LogP contribution in [0, 0.1) is 17.7 Å². The first-order chi connectivity index (χ1) is 17.4. The molecule has 2 heterocycles. The lowest BCUT2D eigenvalue weighted by atomic mass is 9.75. The Morgan fingerprint density at radius 1 is 1.17 bits per heavy atom. The molecule has 2 saturated heterocycles. The monoisotopic (exact) mass is 519 g/mol. The van der Waals surface area contributed by atoms with Crippen LogP contribution in [0.15, 0.2) is 18.2 Å². The van der Waals surface area contributed by atoms with E-state index >= 15 is 0 Å².